The highest BCUT2D eigenvalue weighted by atomic mass is 28.4. The first kappa shape index (κ1) is 33.2. The van der Waals surface area contributed by atoms with Crippen LogP contribution in [0.15, 0.2) is 0 Å². The van der Waals surface area contributed by atoms with Crippen molar-refractivity contribution in [1.29, 1.82) is 0 Å². The maximum atomic E-state index is 5.63. The number of rotatable bonds is 20. The zero-order valence-electron chi connectivity index (χ0n) is 20.4. The van der Waals surface area contributed by atoms with Gasteiger partial charge in [0.1, 0.15) is 0 Å². The predicted molar refractivity (Wildman–Crippen MR) is 124 cm³/mol. The van der Waals surface area contributed by atoms with Crippen LogP contribution in [0.3, 0.4) is 0 Å². The Hall–Kier alpha value is -0.00623. The second kappa shape index (κ2) is 21.8. The van der Waals surface area contributed by atoms with E-state index in [-0.39, 0.29) is 6.10 Å². The summed E-state index contributed by atoms with van der Waals surface area (Å²) in [5, 5.41) is 0. The highest BCUT2D eigenvalue weighted by Crippen LogP contribution is 2.15. The topological polar surface area (TPSA) is 152 Å². The molecule has 0 bridgehead atoms. The minimum atomic E-state index is -2.96. The lowest BCUT2D eigenvalue weighted by Gasteiger charge is -2.26. The van der Waals surface area contributed by atoms with Crippen LogP contribution in [0.1, 0.15) is 32.6 Å². The van der Waals surface area contributed by atoms with Crippen molar-refractivity contribution in [3.8, 4) is 0 Å². The zero-order valence-corrected chi connectivity index (χ0v) is 22.4. The standard InChI is InChI=1S/C10H25NO5Si.C8H22N2O3Si/c1-5-15-10(7-6-8-11)9-16-17(12-2,13-3)14-4;1-11-14(12-2,8-4-6-10)13-7-3-5-9/h10H,5-9,11H2,1-4H3;3-10H2,1-2H3. The molecule has 0 amide bonds. The lowest BCUT2D eigenvalue weighted by atomic mass is 10.2. The van der Waals surface area contributed by atoms with Gasteiger partial charge in [-0.05, 0) is 52.2 Å². The van der Waals surface area contributed by atoms with Crippen molar-refractivity contribution < 1.29 is 35.7 Å². The Morgan fingerprint density at radius 2 is 1.26 bits per heavy atom. The van der Waals surface area contributed by atoms with E-state index in [4.69, 9.17) is 52.9 Å². The van der Waals surface area contributed by atoms with E-state index < -0.39 is 17.9 Å². The molecule has 0 aromatic carbocycles. The fourth-order valence-electron chi connectivity index (χ4n) is 2.52. The van der Waals surface area contributed by atoms with Crippen LogP contribution in [0.25, 0.3) is 0 Å². The quantitative estimate of drug-likeness (QED) is 0.161. The summed E-state index contributed by atoms with van der Waals surface area (Å²) in [6.07, 6.45) is 3.43. The minimum absolute atomic E-state index is 0.00382. The summed E-state index contributed by atoms with van der Waals surface area (Å²) in [5.74, 6) is 0. The molecule has 1 atom stereocenters. The molecule has 190 valence electrons. The monoisotopic (exact) mass is 489 g/mol. The first-order valence-electron chi connectivity index (χ1n) is 10.7. The van der Waals surface area contributed by atoms with Crippen molar-refractivity contribution in [3.05, 3.63) is 0 Å². The Labute approximate surface area is 191 Å². The summed E-state index contributed by atoms with van der Waals surface area (Å²) in [6, 6.07) is 0.765. The Bertz CT molecular complexity index is 373. The van der Waals surface area contributed by atoms with E-state index in [9.17, 15) is 0 Å². The molecular weight excluding hydrogens is 442 g/mol. The Morgan fingerprint density at radius 3 is 1.68 bits per heavy atom. The van der Waals surface area contributed by atoms with Crippen LogP contribution in [-0.4, -0.2) is 99.0 Å². The van der Waals surface area contributed by atoms with Gasteiger partial charge >= 0.3 is 17.9 Å². The van der Waals surface area contributed by atoms with E-state index in [1.54, 1.807) is 14.2 Å². The van der Waals surface area contributed by atoms with Gasteiger partial charge in [-0.3, -0.25) is 0 Å². The molecule has 0 aromatic rings. The molecular formula is C18H47N3O8Si2. The molecule has 13 heteroatoms. The highest BCUT2D eigenvalue weighted by Gasteiger charge is 2.42. The average molecular weight is 490 g/mol. The second-order valence-corrected chi connectivity index (χ2v) is 11.9. The van der Waals surface area contributed by atoms with Gasteiger partial charge in [-0.15, -0.1) is 0 Å². The molecule has 0 rings (SSSR count). The molecule has 0 fully saturated rings. The third-order valence-corrected chi connectivity index (χ3v) is 9.18. The fraction of sp³-hybridized carbons (Fsp3) is 1.00. The van der Waals surface area contributed by atoms with Gasteiger partial charge in [0, 0.05) is 54.8 Å². The molecule has 11 nitrogen and oxygen atoms in total. The Balaban J connectivity index is 0. The van der Waals surface area contributed by atoms with Crippen LogP contribution >= 0.6 is 0 Å². The van der Waals surface area contributed by atoms with Gasteiger partial charge in [0.2, 0.25) is 0 Å². The van der Waals surface area contributed by atoms with Gasteiger partial charge in [-0.2, -0.15) is 0 Å². The summed E-state index contributed by atoms with van der Waals surface area (Å²) < 4.78 is 42.9. The molecule has 0 aliphatic heterocycles. The van der Waals surface area contributed by atoms with Crippen LogP contribution < -0.4 is 17.2 Å². The van der Waals surface area contributed by atoms with Crippen molar-refractivity contribution in [2.75, 3.05) is 75.0 Å². The van der Waals surface area contributed by atoms with Crippen molar-refractivity contribution in [1.82, 2.24) is 0 Å². The molecule has 0 aromatic heterocycles. The average Bonchev–Trinajstić information content (AvgIpc) is 2.81. The Morgan fingerprint density at radius 1 is 0.710 bits per heavy atom. The summed E-state index contributed by atoms with van der Waals surface area (Å²) in [6.45, 7) is 5.45. The second-order valence-electron chi connectivity index (χ2n) is 6.41. The molecule has 0 saturated carbocycles. The molecule has 0 heterocycles. The maximum Gasteiger partial charge on any atom is 0.678 e. The summed E-state index contributed by atoms with van der Waals surface area (Å²) in [7, 11) is 2.37. The number of hydrogen-bond donors (Lipinski definition) is 3. The minimum Gasteiger partial charge on any atom is -0.377 e. The van der Waals surface area contributed by atoms with E-state index in [0.717, 1.165) is 31.7 Å². The first-order valence-corrected chi connectivity index (χ1v) is 14.2. The van der Waals surface area contributed by atoms with Crippen molar-refractivity contribution in [2.45, 2.75) is 44.8 Å². The van der Waals surface area contributed by atoms with E-state index in [1.807, 2.05) is 6.92 Å². The van der Waals surface area contributed by atoms with Crippen LogP contribution in [0.4, 0.5) is 0 Å². The van der Waals surface area contributed by atoms with Crippen molar-refractivity contribution >= 4 is 17.9 Å². The van der Waals surface area contributed by atoms with Gasteiger partial charge < -0.3 is 52.9 Å². The summed E-state index contributed by atoms with van der Waals surface area (Å²) in [5.41, 5.74) is 16.3. The molecule has 1 unspecified atom stereocenters. The summed E-state index contributed by atoms with van der Waals surface area (Å²) in [4.78, 5) is 0. The van der Waals surface area contributed by atoms with Crippen LogP contribution in [-0.2, 0) is 35.7 Å². The molecule has 0 spiro atoms. The SMILES string of the molecule is CCOC(CCCN)CO[Si](OC)(OC)OC.CO[Si](CCCN)(OC)OCCCN. The lowest BCUT2D eigenvalue weighted by Crippen LogP contribution is -2.48. The molecule has 0 radical (unpaired) electrons. The Kier molecular flexibility index (Phi) is 23.3. The molecule has 0 aliphatic carbocycles. The van der Waals surface area contributed by atoms with E-state index in [0.29, 0.717) is 39.5 Å². The number of hydrogen-bond acceptors (Lipinski definition) is 11. The third kappa shape index (κ3) is 15.5. The van der Waals surface area contributed by atoms with E-state index in [2.05, 4.69) is 0 Å². The van der Waals surface area contributed by atoms with E-state index >= 15 is 0 Å². The zero-order chi connectivity index (χ0) is 24.0. The van der Waals surface area contributed by atoms with Gasteiger partial charge in [-0.1, -0.05) is 0 Å². The first-order chi connectivity index (χ1) is 14.9. The smallest absolute Gasteiger partial charge is 0.377 e. The van der Waals surface area contributed by atoms with Crippen LogP contribution in [0.5, 0.6) is 0 Å². The molecule has 31 heavy (non-hydrogen) atoms. The largest absolute Gasteiger partial charge is 0.678 e. The number of nitrogens with two attached hydrogens (primary N) is 3. The third-order valence-electron chi connectivity index (χ3n) is 4.31. The lowest BCUT2D eigenvalue weighted by molar-refractivity contribution is -0.0413. The van der Waals surface area contributed by atoms with Gasteiger partial charge in [-0.25, -0.2) is 0 Å². The van der Waals surface area contributed by atoms with Crippen LogP contribution in [0, 0.1) is 0 Å². The van der Waals surface area contributed by atoms with Crippen molar-refractivity contribution in [2.24, 2.45) is 17.2 Å². The van der Waals surface area contributed by atoms with Gasteiger partial charge in [0.15, 0.2) is 0 Å². The maximum absolute atomic E-state index is 5.63. The van der Waals surface area contributed by atoms with Gasteiger partial charge in [0.05, 0.1) is 12.7 Å². The highest BCUT2D eigenvalue weighted by molar-refractivity contribution is 6.60. The van der Waals surface area contributed by atoms with Gasteiger partial charge in [0.25, 0.3) is 0 Å². The normalized spacial score (nSPS) is 13.1. The fourth-order valence-corrected chi connectivity index (χ4v) is 5.82. The molecule has 6 N–H and O–H groups in total. The molecule has 0 aliphatic rings. The van der Waals surface area contributed by atoms with Crippen molar-refractivity contribution in [3.63, 3.8) is 0 Å². The predicted octanol–water partition coefficient (Wildman–Crippen LogP) is 0.454. The summed E-state index contributed by atoms with van der Waals surface area (Å²) >= 11 is 0. The number of ether oxygens (including phenoxy) is 1. The molecule has 0 saturated heterocycles. The van der Waals surface area contributed by atoms with E-state index in [1.165, 1.54) is 21.3 Å². The van der Waals surface area contributed by atoms with Crippen LogP contribution in [0.2, 0.25) is 6.04 Å².